The summed E-state index contributed by atoms with van der Waals surface area (Å²) < 4.78 is 5.77. The Bertz CT molecular complexity index is 795. The summed E-state index contributed by atoms with van der Waals surface area (Å²) in [4.78, 5) is 28.2. The minimum absolute atomic E-state index is 0.210. The number of aliphatic hydroxyl groups excluding tert-OH is 1. The van der Waals surface area contributed by atoms with Crippen LogP contribution in [0.15, 0.2) is 24.3 Å². The van der Waals surface area contributed by atoms with Gasteiger partial charge in [-0.05, 0) is 49.1 Å². The topological polar surface area (TPSA) is 87.1 Å². The van der Waals surface area contributed by atoms with Gasteiger partial charge in [-0.3, -0.25) is 4.79 Å². The first-order valence-electron chi connectivity index (χ1n) is 11.0. The number of carboxylic acids is 1. The highest BCUT2D eigenvalue weighted by molar-refractivity contribution is 5.91. The highest BCUT2D eigenvalue weighted by atomic mass is 16.5. The molecule has 2 saturated heterocycles. The van der Waals surface area contributed by atoms with Gasteiger partial charge < -0.3 is 19.8 Å². The maximum Gasteiger partial charge on any atom is 0.330 e. The van der Waals surface area contributed by atoms with Crippen LogP contribution in [0.4, 0.5) is 0 Å². The molecule has 6 nitrogen and oxygen atoms in total. The molecule has 2 aliphatic rings. The Hall–Kier alpha value is -1.92. The van der Waals surface area contributed by atoms with E-state index in [4.69, 9.17) is 4.74 Å². The smallest absolute Gasteiger partial charge is 0.330 e. The van der Waals surface area contributed by atoms with Gasteiger partial charge in [0.05, 0.1) is 12.1 Å². The minimum Gasteiger partial charge on any atom is -0.479 e. The van der Waals surface area contributed by atoms with E-state index in [1.165, 1.54) is 4.90 Å². The molecular formula is C24H35NO5. The highest BCUT2D eigenvalue weighted by Gasteiger charge is 2.67. The second kappa shape index (κ2) is 8.31. The molecule has 3 rings (SSSR count). The van der Waals surface area contributed by atoms with E-state index in [-0.39, 0.29) is 12.3 Å². The van der Waals surface area contributed by atoms with Crippen molar-refractivity contribution in [3.8, 4) is 0 Å². The number of hydrogen-bond acceptors (Lipinski definition) is 4. The maximum atomic E-state index is 13.8. The predicted molar refractivity (Wildman–Crippen MR) is 114 cm³/mol. The third kappa shape index (κ3) is 3.54. The number of ether oxygens (including phenoxy) is 1. The van der Waals surface area contributed by atoms with Crippen LogP contribution in [0.5, 0.6) is 0 Å². The first kappa shape index (κ1) is 22.8. The first-order valence-corrected chi connectivity index (χ1v) is 11.0. The van der Waals surface area contributed by atoms with Crippen LogP contribution in [0, 0.1) is 18.3 Å². The second-order valence-electron chi connectivity index (χ2n) is 9.78. The van der Waals surface area contributed by atoms with Crippen molar-refractivity contribution in [3.05, 3.63) is 35.4 Å². The van der Waals surface area contributed by atoms with Gasteiger partial charge in [0.25, 0.3) is 5.91 Å². The van der Waals surface area contributed by atoms with Gasteiger partial charge in [-0.1, -0.05) is 52.0 Å². The van der Waals surface area contributed by atoms with E-state index in [0.29, 0.717) is 13.0 Å². The normalized spacial score (nSPS) is 32.3. The molecule has 2 heterocycles. The lowest BCUT2D eigenvalue weighted by Crippen LogP contribution is -2.61. The number of aliphatic carboxylic acids is 1. The molecule has 0 saturated carbocycles. The summed E-state index contributed by atoms with van der Waals surface area (Å²) in [7, 11) is 0. The number of amides is 1. The molecule has 1 amide bonds. The van der Waals surface area contributed by atoms with Crippen LogP contribution >= 0.6 is 0 Å². The number of likely N-dealkylation sites (tertiary alicyclic amines) is 1. The van der Waals surface area contributed by atoms with Crippen LogP contribution in [0.25, 0.3) is 0 Å². The third-order valence-corrected chi connectivity index (χ3v) is 6.93. The number of benzene rings is 1. The fourth-order valence-corrected chi connectivity index (χ4v) is 5.69. The molecule has 30 heavy (non-hydrogen) atoms. The summed E-state index contributed by atoms with van der Waals surface area (Å²) in [6.45, 7) is 10.0. The summed E-state index contributed by atoms with van der Waals surface area (Å²) >= 11 is 0. The second-order valence-corrected chi connectivity index (χ2v) is 9.78. The molecule has 0 bridgehead atoms. The van der Waals surface area contributed by atoms with Gasteiger partial charge in [0.2, 0.25) is 0 Å². The molecule has 0 aliphatic carbocycles. The average molecular weight is 418 g/mol. The quantitative estimate of drug-likeness (QED) is 0.780. The Labute approximate surface area is 179 Å². The average Bonchev–Trinajstić information content (AvgIpc) is 2.98. The van der Waals surface area contributed by atoms with Crippen LogP contribution in [-0.4, -0.2) is 51.3 Å². The van der Waals surface area contributed by atoms with Gasteiger partial charge in [-0.15, -0.1) is 0 Å². The molecule has 166 valence electrons. The summed E-state index contributed by atoms with van der Waals surface area (Å²) in [5.41, 5.74) is -0.325. The van der Waals surface area contributed by atoms with Crippen LogP contribution < -0.4 is 0 Å². The monoisotopic (exact) mass is 417 g/mol. The van der Waals surface area contributed by atoms with Crippen molar-refractivity contribution >= 4 is 11.9 Å². The van der Waals surface area contributed by atoms with Crippen molar-refractivity contribution in [2.45, 2.75) is 84.1 Å². The van der Waals surface area contributed by atoms with Crippen molar-refractivity contribution in [2.24, 2.45) is 11.3 Å². The number of carbonyl (C=O) groups excluding carboxylic acids is 1. The van der Waals surface area contributed by atoms with E-state index in [0.717, 1.165) is 24.0 Å². The van der Waals surface area contributed by atoms with E-state index in [9.17, 15) is 19.8 Å². The standard InChI is InChI=1S/C24H35NO5/c1-6-24(22(28)29)20(23(3,4)5)19(26)18(16-12-8-7-11-15(16)2)25(24)21(27)17-13-9-10-14-30-17/h7-8,11-12,17-20,26H,6,9-10,13-14H2,1-5H3,(H,28,29)/t17?,18-,19+,20+,24-/m0/s1. The minimum atomic E-state index is -1.51. The van der Waals surface area contributed by atoms with Gasteiger partial charge in [0.1, 0.15) is 11.6 Å². The summed E-state index contributed by atoms with van der Waals surface area (Å²) in [5, 5.41) is 22.1. The Morgan fingerprint density at radius 3 is 2.40 bits per heavy atom. The zero-order valence-corrected chi connectivity index (χ0v) is 18.7. The van der Waals surface area contributed by atoms with Crippen molar-refractivity contribution in [1.29, 1.82) is 0 Å². The molecule has 6 heteroatoms. The van der Waals surface area contributed by atoms with Crippen molar-refractivity contribution in [1.82, 2.24) is 4.90 Å². The number of nitrogens with zero attached hydrogens (tertiary/aromatic N) is 1. The molecule has 1 aromatic carbocycles. The molecule has 0 aromatic heterocycles. The lowest BCUT2D eigenvalue weighted by molar-refractivity contribution is -0.170. The maximum absolute atomic E-state index is 13.8. The highest BCUT2D eigenvalue weighted by Crippen LogP contribution is 2.55. The predicted octanol–water partition coefficient (Wildman–Crippen LogP) is 3.70. The van der Waals surface area contributed by atoms with Gasteiger partial charge in [0, 0.05) is 12.5 Å². The zero-order valence-electron chi connectivity index (χ0n) is 18.7. The Morgan fingerprint density at radius 2 is 1.90 bits per heavy atom. The van der Waals surface area contributed by atoms with E-state index < -0.39 is 41.1 Å². The van der Waals surface area contributed by atoms with E-state index in [1.54, 1.807) is 6.92 Å². The fraction of sp³-hybridized carbons (Fsp3) is 0.667. The van der Waals surface area contributed by atoms with Crippen LogP contribution in [0.3, 0.4) is 0 Å². The zero-order chi connectivity index (χ0) is 22.3. The van der Waals surface area contributed by atoms with E-state index >= 15 is 0 Å². The molecule has 0 radical (unpaired) electrons. The van der Waals surface area contributed by atoms with Crippen LogP contribution in [-0.2, 0) is 14.3 Å². The SMILES string of the molecule is CC[C@@]1(C(=O)O)[C@@H](C(C)(C)C)[C@H](O)[C@H](c2ccccc2C)N1C(=O)C1CCCCO1. The Balaban J connectivity index is 2.24. The van der Waals surface area contributed by atoms with Crippen LogP contribution in [0.1, 0.15) is 70.5 Å². The van der Waals surface area contributed by atoms with E-state index in [2.05, 4.69) is 0 Å². The number of aryl methyl sites for hydroxylation is 1. The van der Waals surface area contributed by atoms with E-state index in [1.807, 2.05) is 52.0 Å². The third-order valence-electron chi connectivity index (χ3n) is 6.93. The number of carbonyl (C=O) groups is 2. The summed E-state index contributed by atoms with van der Waals surface area (Å²) in [6, 6.07) is 6.86. The van der Waals surface area contributed by atoms with Gasteiger partial charge in [0.15, 0.2) is 0 Å². The molecule has 2 fully saturated rings. The molecular weight excluding hydrogens is 382 g/mol. The van der Waals surface area contributed by atoms with Gasteiger partial charge in [-0.2, -0.15) is 0 Å². The number of hydrogen-bond donors (Lipinski definition) is 2. The Kier molecular flexibility index (Phi) is 6.30. The molecule has 5 atom stereocenters. The van der Waals surface area contributed by atoms with Crippen molar-refractivity contribution in [2.75, 3.05) is 6.61 Å². The molecule has 2 N–H and O–H groups in total. The largest absolute Gasteiger partial charge is 0.479 e. The molecule has 2 aliphatic heterocycles. The van der Waals surface area contributed by atoms with Gasteiger partial charge in [-0.25, -0.2) is 4.79 Å². The number of rotatable bonds is 4. The van der Waals surface area contributed by atoms with Gasteiger partial charge >= 0.3 is 5.97 Å². The lowest BCUT2D eigenvalue weighted by atomic mass is 9.66. The lowest BCUT2D eigenvalue weighted by Gasteiger charge is -2.45. The van der Waals surface area contributed by atoms with Crippen molar-refractivity contribution < 1.29 is 24.5 Å². The number of carboxylic acid groups (broad SMARTS) is 1. The molecule has 1 aromatic rings. The Morgan fingerprint density at radius 1 is 1.23 bits per heavy atom. The molecule has 1 unspecified atom stereocenters. The fourth-order valence-electron chi connectivity index (χ4n) is 5.69. The summed E-state index contributed by atoms with van der Waals surface area (Å²) in [6.07, 6.45) is 0.886. The summed E-state index contributed by atoms with van der Waals surface area (Å²) in [5.74, 6) is -2.02. The van der Waals surface area contributed by atoms with Crippen LogP contribution in [0.2, 0.25) is 0 Å². The molecule has 0 spiro atoms. The van der Waals surface area contributed by atoms with Crippen molar-refractivity contribution in [3.63, 3.8) is 0 Å². The first-order chi connectivity index (χ1) is 14.1. The number of aliphatic hydroxyl groups is 1.